The Morgan fingerprint density at radius 1 is 1.26 bits per heavy atom. The van der Waals surface area contributed by atoms with Gasteiger partial charge in [0.15, 0.2) is 0 Å². The van der Waals surface area contributed by atoms with Crippen molar-refractivity contribution in [2.24, 2.45) is 11.8 Å². The Balaban J connectivity index is 4.13. The van der Waals surface area contributed by atoms with Gasteiger partial charge < -0.3 is 10.6 Å². The van der Waals surface area contributed by atoms with Crippen molar-refractivity contribution >= 4 is 23.6 Å². The zero-order chi connectivity index (χ0) is 15.1. The van der Waals surface area contributed by atoms with Crippen molar-refractivity contribution in [3.63, 3.8) is 0 Å². The fourth-order valence-corrected chi connectivity index (χ4v) is 2.76. The average Bonchev–Trinajstić information content (AvgIpc) is 2.40. The van der Waals surface area contributed by atoms with Crippen LogP contribution in [0.5, 0.6) is 0 Å². The second-order valence-electron chi connectivity index (χ2n) is 5.52. The van der Waals surface area contributed by atoms with Crippen molar-refractivity contribution in [2.75, 3.05) is 19.3 Å². The van der Waals surface area contributed by atoms with E-state index >= 15 is 0 Å². The van der Waals surface area contributed by atoms with Gasteiger partial charge in [0.25, 0.3) is 0 Å². The number of nitrogens with one attached hydrogen (secondary N) is 2. The van der Waals surface area contributed by atoms with E-state index in [1.165, 1.54) is 0 Å². The lowest BCUT2D eigenvalue weighted by atomic mass is 9.95. The monoisotopic (exact) mass is 288 g/mol. The van der Waals surface area contributed by atoms with E-state index in [0.29, 0.717) is 5.92 Å². The topological polar surface area (TPSA) is 58.2 Å². The third-order valence-electron chi connectivity index (χ3n) is 3.65. The zero-order valence-electron chi connectivity index (χ0n) is 13.0. The minimum Gasteiger partial charge on any atom is -0.358 e. The minimum atomic E-state index is -0.173. The summed E-state index contributed by atoms with van der Waals surface area (Å²) in [6.07, 6.45) is 1.14. The molecule has 19 heavy (non-hydrogen) atoms. The maximum atomic E-state index is 11.8. The van der Waals surface area contributed by atoms with Gasteiger partial charge in [-0.25, -0.2) is 0 Å². The van der Waals surface area contributed by atoms with E-state index in [1.54, 1.807) is 7.05 Å². The van der Waals surface area contributed by atoms with E-state index in [1.807, 2.05) is 18.7 Å². The summed E-state index contributed by atoms with van der Waals surface area (Å²) in [4.78, 5) is 22.9. The highest BCUT2D eigenvalue weighted by molar-refractivity contribution is 8.00. The lowest BCUT2D eigenvalue weighted by Crippen LogP contribution is -2.38. The van der Waals surface area contributed by atoms with Crippen LogP contribution in [0.2, 0.25) is 0 Å². The predicted molar refractivity (Wildman–Crippen MR) is 82.2 cm³/mol. The summed E-state index contributed by atoms with van der Waals surface area (Å²) < 4.78 is 0.171. The first-order valence-corrected chi connectivity index (χ1v) is 7.85. The molecule has 0 aliphatic rings. The molecule has 0 bridgehead atoms. The number of rotatable bonds is 8. The molecule has 0 aliphatic carbocycles. The Kier molecular flexibility index (Phi) is 8.14. The maximum Gasteiger partial charge on any atom is 0.239 e. The van der Waals surface area contributed by atoms with Crippen LogP contribution in [0.15, 0.2) is 0 Å². The van der Waals surface area contributed by atoms with Gasteiger partial charge in [-0.05, 0) is 5.92 Å². The molecule has 0 aromatic heterocycles. The van der Waals surface area contributed by atoms with Crippen molar-refractivity contribution in [2.45, 2.75) is 45.8 Å². The molecule has 0 aromatic rings. The van der Waals surface area contributed by atoms with Crippen molar-refractivity contribution in [3.05, 3.63) is 0 Å². The Labute approximate surface area is 121 Å². The molecular formula is C14H28N2O2S. The highest BCUT2D eigenvalue weighted by Gasteiger charge is 2.26. The lowest BCUT2D eigenvalue weighted by molar-refractivity contribution is -0.127. The van der Waals surface area contributed by atoms with Crippen LogP contribution in [0.25, 0.3) is 0 Å². The minimum absolute atomic E-state index is 0.0547. The first-order chi connectivity index (χ1) is 8.74. The van der Waals surface area contributed by atoms with Crippen molar-refractivity contribution < 1.29 is 9.59 Å². The summed E-state index contributed by atoms with van der Waals surface area (Å²) in [6.45, 7) is 10.8. The molecule has 0 saturated heterocycles. The first kappa shape index (κ1) is 18.3. The largest absolute Gasteiger partial charge is 0.358 e. The molecule has 0 fully saturated rings. The summed E-state index contributed by atoms with van der Waals surface area (Å²) in [6, 6.07) is 0. The summed E-state index contributed by atoms with van der Waals surface area (Å²) in [5.74, 6) is 1.07. The van der Waals surface area contributed by atoms with Crippen LogP contribution >= 0.6 is 11.8 Å². The van der Waals surface area contributed by atoms with Crippen molar-refractivity contribution in [1.29, 1.82) is 0 Å². The highest BCUT2D eigenvalue weighted by atomic mass is 32.2. The Bertz CT molecular complexity index is 306. The summed E-state index contributed by atoms with van der Waals surface area (Å²) in [5.41, 5.74) is 0. The molecular weight excluding hydrogens is 260 g/mol. The molecule has 2 atom stereocenters. The van der Waals surface area contributed by atoms with Crippen molar-refractivity contribution in [3.8, 4) is 0 Å². The van der Waals surface area contributed by atoms with Gasteiger partial charge in [-0.1, -0.05) is 41.0 Å². The van der Waals surface area contributed by atoms with E-state index < -0.39 is 0 Å². The van der Waals surface area contributed by atoms with Crippen LogP contribution < -0.4 is 10.6 Å². The Morgan fingerprint density at radius 2 is 1.84 bits per heavy atom. The van der Waals surface area contributed by atoms with Crippen LogP contribution in [-0.4, -0.2) is 35.9 Å². The molecule has 0 aliphatic heterocycles. The van der Waals surface area contributed by atoms with E-state index in [2.05, 4.69) is 38.3 Å². The Hall–Kier alpha value is -0.710. The number of carbonyl (C=O) groups excluding carboxylic acids is 2. The van der Waals surface area contributed by atoms with E-state index in [-0.39, 0.29) is 29.0 Å². The van der Waals surface area contributed by atoms with Crippen LogP contribution in [0.4, 0.5) is 0 Å². The van der Waals surface area contributed by atoms with Gasteiger partial charge >= 0.3 is 0 Å². The molecule has 0 heterocycles. The lowest BCUT2D eigenvalue weighted by Gasteiger charge is -2.31. The van der Waals surface area contributed by atoms with Crippen LogP contribution in [-0.2, 0) is 9.59 Å². The SMILES string of the molecule is CCC(C)C(C)(C)SCC(C)C(=O)NCC(=O)NC. The van der Waals surface area contributed by atoms with Crippen molar-refractivity contribution in [1.82, 2.24) is 10.6 Å². The zero-order valence-corrected chi connectivity index (χ0v) is 13.8. The number of hydrogen-bond donors (Lipinski definition) is 2. The summed E-state index contributed by atoms with van der Waals surface area (Å²) >= 11 is 1.83. The number of amides is 2. The second kappa shape index (κ2) is 8.46. The molecule has 2 unspecified atom stereocenters. The van der Waals surface area contributed by atoms with Crippen LogP contribution in [0.1, 0.15) is 41.0 Å². The summed E-state index contributed by atoms with van der Waals surface area (Å²) in [7, 11) is 1.56. The van der Waals surface area contributed by atoms with Crippen LogP contribution in [0.3, 0.4) is 0 Å². The van der Waals surface area contributed by atoms with Gasteiger partial charge in [-0.15, -0.1) is 0 Å². The fraction of sp³-hybridized carbons (Fsp3) is 0.857. The average molecular weight is 288 g/mol. The molecule has 112 valence electrons. The smallest absolute Gasteiger partial charge is 0.239 e. The van der Waals surface area contributed by atoms with Crippen LogP contribution in [0, 0.1) is 11.8 Å². The predicted octanol–water partition coefficient (Wildman–Crippen LogP) is 2.04. The molecule has 2 N–H and O–H groups in total. The molecule has 0 rings (SSSR count). The first-order valence-electron chi connectivity index (χ1n) is 6.86. The molecule has 0 spiro atoms. The molecule has 4 nitrogen and oxygen atoms in total. The molecule has 5 heteroatoms. The molecule has 0 radical (unpaired) electrons. The molecule has 0 aromatic carbocycles. The van der Waals surface area contributed by atoms with Gasteiger partial charge in [0, 0.05) is 23.5 Å². The van der Waals surface area contributed by atoms with Gasteiger partial charge in [0.1, 0.15) is 0 Å². The Morgan fingerprint density at radius 3 is 2.32 bits per heavy atom. The fourth-order valence-electron chi connectivity index (χ4n) is 1.48. The maximum absolute atomic E-state index is 11.8. The second-order valence-corrected chi connectivity index (χ2v) is 7.19. The number of carbonyl (C=O) groups is 2. The van der Waals surface area contributed by atoms with Gasteiger partial charge in [-0.3, -0.25) is 9.59 Å². The molecule has 0 saturated carbocycles. The van der Waals surface area contributed by atoms with Gasteiger partial charge in [0.2, 0.25) is 11.8 Å². The normalized spacial score (nSPS) is 14.6. The third kappa shape index (κ3) is 6.85. The standard InChI is InChI=1S/C14H28N2O2S/c1-7-11(3)14(4,5)19-9-10(2)13(18)16-8-12(17)15-6/h10-11H,7-9H2,1-6H3,(H,15,17)(H,16,18). The van der Waals surface area contributed by atoms with E-state index in [0.717, 1.165) is 12.2 Å². The summed E-state index contributed by atoms with van der Waals surface area (Å²) in [5, 5.41) is 5.13. The number of hydrogen-bond acceptors (Lipinski definition) is 3. The van der Waals surface area contributed by atoms with E-state index in [4.69, 9.17) is 0 Å². The third-order valence-corrected chi connectivity index (χ3v) is 5.47. The quantitative estimate of drug-likeness (QED) is 0.718. The number of likely N-dealkylation sites (N-methyl/N-ethyl adjacent to an activating group) is 1. The van der Waals surface area contributed by atoms with Gasteiger partial charge in [0.05, 0.1) is 6.54 Å². The van der Waals surface area contributed by atoms with Gasteiger partial charge in [-0.2, -0.15) is 11.8 Å². The highest BCUT2D eigenvalue weighted by Crippen LogP contribution is 2.35. The number of thioether (sulfide) groups is 1. The van der Waals surface area contributed by atoms with E-state index in [9.17, 15) is 9.59 Å². The molecule has 2 amide bonds.